The lowest BCUT2D eigenvalue weighted by molar-refractivity contribution is -0.127. The van der Waals surface area contributed by atoms with Crippen LogP contribution in [0.5, 0.6) is 0 Å². The van der Waals surface area contributed by atoms with Gasteiger partial charge in [0.15, 0.2) is 0 Å². The second kappa shape index (κ2) is 4.92. The average Bonchev–Trinajstić information content (AvgIpc) is 2.77. The average molecular weight is 257 g/mol. The first-order valence-electron chi connectivity index (χ1n) is 6.31. The molecule has 1 fully saturated rings. The number of hydrogen-bond acceptors (Lipinski definition) is 1. The molecule has 0 radical (unpaired) electrons. The van der Waals surface area contributed by atoms with Gasteiger partial charge in [0.25, 0.3) is 0 Å². The van der Waals surface area contributed by atoms with E-state index in [-0.39, 0.29) is 5.41 Å². The molecule has 2 rings (SSSR count). The van der Waals surface area contributed by atoms with Gasteiger partial charge in [0.1, 0.15) is 0 Å². The fourth-order valence-electron chi connectivity index (χ4n) is 2.87. The van der Waals surface area contributed by atoms with E-state index in [1.807, 2.05) is 12.1 Å². The Kier molecular flexibility index (Phi) is 3.66. The van der Waals surface area contributed by atoms with Crippen LogP contribution in [0.25, 0.3) is 0 Å². The Hall–Kier alpha value is -1.03. The highest BCUT2D eigenvalue weighted by molar-refractivity contribution is 5.31. The molecule has 0 saturated heterocycles. The monoisotopic (exact) mass is 257 g/mol. The summed E-state index contributed by atoms with van der Waals surface area (Å²) in [5.41, 5.74) is 7.26. The Morgan fingerprint density at radius 3 is 2.06 bits per heavy atom. The molecule has 100 valence electrons. The lowest BCUT2D eigenvalue weighted by Gasteiger charge is -2.28. The van der Waals surface area contributed by atoms with Gasteiger partial charge in [0.05, 0.1) is 6.42 Å². The Bertz CT molecular complexity index is 388. The Morgan fingerprint density at radius 2 is 1.61 bits per heavy atom. The molecule has 0 amide bonds. The summed E-state index contributed by atoms with van der Waals surface area (Å²) in [5, 5.41) is 0. The van der Waals surface area contributed by atoms with Gasteiger partial charge in [0.2, 0.25) is 0 Å². The summed E-state index contributed by atoms with van der Waals surface area (Å²) in [6.07, 6.45) is -0.601. The van der Waals surface area contributed by atoms with E-state index in [1.165, 1.54) is 0 Å². The van der Waals surface area contributed by atoms with Crippen LogP contribution in [0.15, 0.2) is 24.3 Å². The van der Waals surface area contributed by atoms with Crippen LogP contribution in [0.2, 0.25) is 0 Å². The Balaban J connectivity index is 2.16. The smallest absolute Gasteiger partial charge is 0.330 e. The molecule has 0 spiro atoms. The summed E-state index contributed by atoms with van der Waals surface area (Å²) in [7, 11) is 0. The van der Waals surface area contributed by atoms with Gasteiger partial charge in [-0.25, -0.2) is 0 Å². The van der Waals surface area contributed by atoms with Crippen LogP contribution in [0.1, 0.15) is 36.8 Å². The fraction of sp³-hybridized carbons (Fsp3) is 0.571. The van der Waals surface area contributed by atoms with E-state index in [0.717, 1.165) is 31.2 Å². The second-order valence-corrected chi connectivity index (χ2v) is 5.18. The van der Waals surface area contributed by atoms with E-state index in [1.54, 1.807) is 12.1 Å². The minimum atomic E-state index is -4.14. The normalized spacial score (nSPS) is 19.1. The van der Waals surface area contributed by atoms with Crippen molar-refractivity contribution in [2.75, 3.05) is 6.54 Å². The molecule has 0 aliphatic heterocycles. The van der Waals surface area contributed by atoms with Crippen LogP contribution in [0.4, 0.5) is 13.2 Å². The van der Waals surface area contributed by atoms with E-state index in [0.29, 0.717) is 12.1 Å². The van der Waals surface area contributed by atoms with Crippen molar-refractivity contribution in [3.05, 3.63) is 35.4 Å². The summed E-state index contributed by atoms with van der Waals surface area (Å²) < 4.78 is 36.8. The summed E-state index contributed by atoms with van der Waals surface area (Å²) in [4.78, 5) is 0. The molecular weight excluding hydrogens is 239 g/mol. The molecule has 18 heavy (non-hydrogen) atoms. The molecule has 0 aromatic heterocycles. The van der Waals surface area contributed by atoms with Crippen molar-refractivity contribution in [2.45, 2.75) is 43.7 Å². The molecule has 0 bridgehead atoms. The molecule has 1 saturated carbocycles. The van der Waals surface area contributed by atoms with Crippen molar-refractivity contribution in [3.63, 3.8) is 0 Å². The maximum Gasteiger partial charge on any atom is 0.393 e. The lowest BCUT2D eigenvalue weighted by Crippen LogP contribution is -2.31. The molecule has 4 heteroatoms. The van der Waals surface area contributed by atoms with E-state index in [2.05, 4.69) is 0 Å². The fourth-order valence-corrected chi connectivity index (χ4v) is 2.87. The first kappa shape index (κ1) is 13.4. The van der Waals surface area contributed by atoms with Crippen LogP contribution in [0.3, 0.4) is 0 Å². The lowest BCUT2D eigenvalue weighted by atomic mass is 9.79. The Morgan fingerprint density at radius 1 is 1.06 bits per heavy atom. The highest BCUT2D eigenvalue weighted by Crippen LogP contribution is 2.40. The maximum absolute atomic E-state index is 12.3. The molecule has 0 atom stereocenters. The SMILES string of the molecule is NCC1(c2ccc(CC(F)(F)F)cc2)CCCC1. The Labute approximate surface area is 105 Å². The van der Waals surface area contributed by atoms with Crippen molar-refractivity contribution in [1.82, 2.24) is 0 Å². The van der Waals surface area contributed by atoms with Gasteiger partial charge in [-0.05, 0) is 24.0 Å². The van der Waals surface area contributed by atoms with Crippen LogP contribution in [-0.4, -0.2) is 12.7 Å². The zero-order chi connectivity index (χ0) is 13.2. The number of hydrogen-bond donors (Lipinski definition) is 1. The van der Waals surface area contributed by atoms with Gasteiger partial charge in [-0.15, -0.1) is 0 Å². The van der Waals surface area contributed by atoms with Gasteiger partial charge in [0, 0.05) is 12.0 Å². The van der Waals surface area contributed by atoms with E-state index < -0.39 is 12.6 Å². The first-order valence-corrected chi connectivity index (χ1v) is 6.31. The predicted molar refractivity (Wildman–Crippen MR) is 65.4 cm³/mol. The van der Waals surface area contributed by atoms with Crippen LogP contribution >= 0.6 is 0 Å². The van der Waals surface area contributed by atoms with Crippen molar-refractivity contribution in [2.24, 2.45) is 5.73 Å². The quantitative estimate of drug-likeness (QED) is 0.880. The number of alkyl halides is 3. The van der Waals surface area contributed by atoms with Gasteiger partial charge in [-0.3, -0.25) is 0 Å². The molecule has 1 aliphatic carbocycles. The van der Waals surface area contributed by atoms with Crippen LogP contribution < -0.4 is 5.73 Å². The number of halogens is 3. The van der Waals surface area contributed by atoms with E-state index >= 15 is 0 Å². The van der Waals surface area contributed by atoms with Crippen molar-refractivity contribution >= 4 is 0 Å². The van der Waals surface area contributed by atoms with Crippen molar-refractivity contribution in [1.29, 1.82) is 0 Å². The molecule has 1 aliphatic rings. The largest absolute Gasteiger partial charge is 0.393 e. The number of rotatable bonds is 3. The molecule has 1 aromatic rings. The summed E-state index contributed by atoms with van der Waals surface area (Å²) >= 11 is 0. The predicted octanol–water partition coefficient (Wildman–Crippen LogP) is 3.56. The van der Waals surface area contributed by atoms with Crippen molar-refractivity contribution < 1.29 is 13.2 Å². The number of nitrogens with two attached hydrogens (primary N) is 1. The molecule has 0 unspecified atom stereocenters. The maximum atomic E-state index is 12.3. The van der Waals surface area contributed by atoms with Gasteiger partial charge in [-0.1, -0.05) is 37.1 Å². The topological polar surface area (TPSA) is 26.0 Å². The summed E-state index contributed by atoms with van der Waals surface area (Å²) in [6.45, 7) is 0.575. The second-order valence-electron chi connectivity index (χ2n) is 5.18. The third-order valence-corrected chi connectivity index (χ3v) is 3.92. The molecule has 2 N–H and O–H groups in total. The van der Waals surface area contributed by atoms with Crippen LogP contribution in [-0.2, 0) is 11.8 Å². The van der Waals surface area contributed by atoms with Gasteiger partial charge < -0.3 is 5.73 Å². The van der Waals surface area contributed by atoms with Gasteiger partial charge in [-0.2, -0.15) is 13.2 Å². The molecule has 1 aromatic carbocycles. The minimum Gasteiger partial charge on any atom is -0.330 e. The highest BCUT2D eigenvalue weighted by atomic mass is 19.4. The molecule has 1 nitrogen and oxygen atoms in total. The van der Waals surface area contributed by atoms with Gasteiger partial charge >= 0.3 is 6.18 Å². The summed E-state index contributed by atoms with van der Waals surface area (Å²) in [5.74, 6) is 0. The standard InChI is InChI=1S/C14H18F3N/c15-14(16,17)9-11-3-5-12(6-4-11)13(10-18)7-1-2-8-13/h3-6H,1-2,7-10,18H2. The third kappa shape index (κ3) is 2.86. The van der Waals surface area contributed by atoms with Crippen molar-refractivity contribution in [3.8, 4) is 0 Å². The first-order chi connectivity index (χ1) is 8.45. The van der Waals surface area contributed by atoms with Crippen LogP contribution in [0, 0.1) is 0 Å². The zero-order valence-corrected chi connectivity index (χ0v) is 10.3. The van der Waals surface area contributed by atoms with E-state index in [4.69, 9.17) is 5.73 Å². The molecule has 0 heterocycles. The zero-order valence-electron chi connectivity index (χ0n) is 10.3. The third-order valence-electron chi connectivity index (χ3n) is 3.92. The minimum absolute atomic E-state index is 0.00321. The highest BCUT2D eigenvalue weighted by Gasteiger charge is 2.34. The molecular formula is C14H18F3N. The number of benzene rings is 1. The summed E-state index contributed by atoms with van der Waals surface area (Å²) in [6, 6.07) is 6.80. The van der Waals surface area contributed by atoms with E-state index in [9.17, 15) is 13.2 Å².